The van der Waals surface area contributed by atoms with Gasteiger partial charge >= 0.3 is 5.97 Å². The minimum Gasteiger partial charge on any atom is -0.478 e. The van der Waals surface area contributed by atoms with Gasteiger partial charge in [0.1, 0.15) is 5.57 Å². The van der Waals surface area contributed by atoms with Crippen molar-refractivity contribution in [1.29, 1.82) is 0 Å². The van der Waals surface area contributed by atoms with Gasteiger partial charge < -0.3 is 10.8 Å². The summed E-state index contributed by atoms with van der Waals surface area (Å²) in [6.07, 6.45) is 4.41. The Morgan fingerprint density at radius 1 is 1.39 bits per heavy atom. The number of carboxylic acid groups (broad SMARTS) is 1. The van der Waals surface area contributed by atoms with Crippen molar-refractivity contribution in [3.63, 3.8) is 0 Å². The third-order valence-electron chi connectivity index (χ3n) is 3.25. The Balaban J connectivity index is 2.43. The number of carboxylic acids is 1. The number of nitrogens with zero attached hydrogens (tertiary/aromatic N) is 1. The van der Waals surface area contributed by atoms with Gasteiger partial charge in [0.25, 0.3) is 0 Å². The smallest absolute Gasteiger partial charge is 0.339 e. The van der Waals surface area contributed by atoms with E-state index >= 15 is 0 Å². The first kappa shape index (κ1) is 12.4. The molecule has 18 heavy (non-hydrogen) atoms. The normalized spacial score (nSPS) is 15.6. The van der Waals surface area contributed by atoms with Crippen LogP contribution in [0.1, 0.15) is 23.1 Å². The van der Waals surface area contributed by atoms with Crippen molar-refractivity contribution in [3.8, 4) is 0 Å². The van der Waals surface area contributed by atoms with Crippen molar-refractivity contribution in [2.45, 2.75) is 19.3 Å². The maximum atomic E-state index is 11.1. The van der Waals surface area contributed by atoms with Crippen LogP contribution in [0.4, 0.5) is 0 Å². The van der Waals surface area contributed by atoms with Crippen molar-refractivity contribution in [2.75, 3.05) is 7.05 Å². The molecule has 1 aliphatic carbocycles. The molecule has 0 fully saturated rings. The summed E-state index contributed by atoms with van der Waals surface area (Å²) >= 11 is 0. The molecule has 0 radical (unpaired) electrons. The van der Waals surface area contributed by atoms with Crippen LogP contribution in [0.25, 0.3) is 0 Å². The fraction of sp³-hybridized carbons (Fsp3) is 0.286. The van der Waals surface area contributed by atoms with Gasteiger partial charge in [0.2, 0.25) is 0 Å². The Hall–Kier alpha value is -2.10. The van der Waals surface area contributed by atoms with E-state index in [1.165, 1.54) is 11.1 Å². The lowest BCUT2D eigenvalue weighted by atomic mass is 9.99. The van der Waals surface area contributed by atoms with Crippen LogP contribution in [0.15, 0.2) is 35.0 Å². The number of aliphatic imine (C=N–C) groups is 1. The molecule has 0 bridgehead atoms. The predicted molar refractivity (Wildman–Crippen MR) is 70.8 cm³/mol. The number of carbonyl (C=O) groups is 1. The van der Waals surface area contributed by atoms with Gasteiger partial charge in [-0.15, -0.1) is 0 Å². The molecule has 3 N–H and O–H groups in total. The minimum absolute atomic E-state index is 0.0375. The third kappa shape index (κ3) is 2.14. The van der Waals surface area contributed by atoms with Crippen LogP contribution in [0.3, 0.4) is 0 Å². The molecule has 0 aromatic heterocycles. The Kier molecular flexibility index (Phi) is 3.46. The summed E-state index contributed by atoms with van der Waals surface area (Å²) in [6.45, 7) is 0. The van der Waals surface area contributed by atoms with E-state index in [4.69, 9.17) is 10.8 Å². The molecule has 0 saturated carbocycles. The highest BCUT2D eigenvalue weighted by Crippen LogP contribution is 2.24. The molecule has 4 heteroatoms. The van der Waals surface area contributed by atoms with Crippen LogP contribution in [-0.2, 0) is 17.6 Å². The summed E-state index contributed by atoms with van der Waals surface area (Å²) in [7, 11) is 1.58. The van der Waals surface area contributed by atoms with E-state index in [0.29, 0.717) is 5.71 Å². The average Bonchev–Trinajstić information content (AvgIpc) is 2.82. The van der Waals surface area contributed by atoms with E-state index in [0.717, 1.165) is 31.0 Å². The summed E-state index contributed by atoms with van der Waals surface area (Å²) in [5.41, 5.74) is 9.30. The van der Waals surface area contributed by atoms with Crippen LogP contribution >= 0.6 is 0 Å². The average molecular weight is 244 g/mol. The quantitative estimate of drug-likeness (QED) is 0.625. The first-order valence-corrected chi connectivity index (χ1v) is 5.92. The van der Waals surface area contributed by atoms with Gasteiger partial charge in [0, 0.05) is 18.8 Å². The first-order chi connectivity index (χ1) is 8.67. The van der Waals surface area contributed by atoms with Gasteiger partial charge in [-0.3, -0.25) is 4.99 Å². The molecule has 0 atom stereocenters. The molecule has 1 aromatic rings. The van der Waals surface area contributed by atoms with Crippen LogP contribution < -0.4 is 5.73 Å². The summed E-state index contributed by atoms with van der Waals surface area (Å²) in [5.74, 6) is -1.06. The number of aryl methyl sites for hydroxylation is 2. The number of benzene rings is 1. The maximum Gasteiger partial charge on any atom is 0.339 e. The zero-order chi connectivity index (χ0) is 13.1. The number of nitrogens with two attached hydrogens (primary N) is 1. The molecule has 0 aliphatic heterocycles. The Labute approximate surface area is 106 Å². The van der Waals surface area contributed by atoms with Gasteiger partial charge in [-0.2, -0.15) is 0 Å². The van der Waals surface area contributed by atoms with Gasteiger partial charge in [-0.1, -0.05) is 12.1 Å². The van der Waals surface area contributed by atoms with Crippen molar-refractivity contribution < 1.29 is 9.90 Å². The van der Waals surface area contributed by atoms with Crippen LogP contribution in [0.5, 0.6) is 0 Å². The molecular weight excluding hydrogens is 228 g/mol. The van der Waals surface area contributed by atoms with Crippen molar-refractivity contribution in [1.82, 2.24) is 0 Å². The van der Waals surface area contributed by atoms with E-state index in [9.17, 15) is 4.79 Å². The van der Waals surface area contributed by atoms with E-state index in [2.05, 4.69) is 11.1 Å². The molecule has 0 unspecified atom stereocenters. The van der Waals surface area contributed by atoms with Crippen molar-refractivity contribution in [2.24, 2.45) is 10.7 Å². The lowest BCUT2D eigenvalue weighted by molar-refractivity contribution is -0.132. The SMILES string of the molecule is CN=C(C(=CN)C(=O)O)c1ccc2c(c1)CCC2. The summed E-state index contributed by atoms with van der Waals surface area (Å²) < 4.78 is 0. The first-order valence-electron chi connectivity index (χ1n) is 5.92. The Morgan fingerprint density at radius 3 is 2.72 bits per heavy atom. The van der Waals surface area contributed by atoms with E-state index in [1.807, 2.05) is 12.1 Å². The van der Waals surface area contributed by atoms with E-state index in [1.54, 1.807) is 7.05 Å². The highest BCUT2D eigenvalue weighted by Gasteiger charge is 2.18. The number of hydrogen-bond donors (Lipinski definition) is 2. The highest BCUT2D eigenvalue weighted by atomic mass is 16.4. The fourth-order valence-corrected chi connectivity index (χ4v) is 2.38. The van der Waals surface area contributed by atoms with Gasteiger partial charge in [0.15, 0.2) is 0 Å². The topological polar surface area (TPSA) is 75.7 Å². The molecule has 2 rings (SSSR count). The molecule has 0 spiro atoms. The predicted octanol–water partition coefficient (Wildman–Crippen LogP) is 1.52. The van der Waals surface area contributed by atoms with Crippen LogP contribution in [0, 0.1) is 0 Å². The fourth-order valence-electron chi connectivity index (χ4n) is 2.38. The number of aliphatic carboxylic acids is 1. The Bertz CT molecular complexity index is 545. The molecule has 1 aliphatic rings. The number of fused-ring (bicyclic) bond motifs is 1. The second-order valence-corrected chi connectivity index (χ2v) is 4.29. The largest absolute Gasteiger partial charge is 0.478 e. The minimum atomic E-state index is -1.06. The maximum absolute atomic E-state index is 11.1. The van der Waals surface area contributed by atoms with E-state index in [-0.39, 0.29) is 5.57 Å². The number of hydrogen-bond acceptors (Lipinski definition) is 3. The van der Waals surface area contributed by atoms with Crippen molar-refractivity contribution >= 4 is 11.7 Å². The highest BCUT2D eigenvalue weighted by molar-refractivity contribution is 6.26. The lowest BCUT2D eigenvalue weighted by Gasteiger charge is -2.08. The molecule has 94 valence electrons. The second-order valence-electron chi connectivity index (χ2n) is 4.29. The molecule has 4 nitrogen and oxygen atoms in total. The van der Waals surface area contributed by atoms with Crippen LogP contribution in [-0.4, -0.2) is 23.8 Å². The molecule has 0 heterocycles. The van der Waals surface area contributed by atoms with Gasteiger partial charge in [-0.05, 0) is 36.5 Å². The second kappa shape index (κ2) is 5.04. The summed E-state index contributed by atoms with van der Waals surface area (Å²) in [6, 6.07) is 5.99. The standard InChI is InChI=1S/C14H16N2O2/c1-16-13(12(8-15)14(17)18)11-6-5-9-3-2-4-10(9)7-11/h5-8H,2-4,15H2,1H3,(H,17,18). The summed E-state index contributed by atoms with van der Waals surface area (Å²) in [4.78, 5) is 15.2. The number of rotatable bonds is 3. The summed E-state index contributed by atoms with van der Waals surface area (Å²) in [5, 5.41) is 9.10. The molecule has 0 amide bonds. The van der Waals surface area contributed by atoms with Crippen molar-refractivity contribution in [3.05, 3.63) is 46.7 Å². The zero-order valence-electron chi connectivity index (χ0n) is 10.3. The van der Waals surface area contributed by atoms with Gasteiger partial charge in [-0.25, -0.2) is 4.79 Å². The third-order valence-corrected chi connectivity index (χ3v) is 3.25. The molecule has 1 aromatic carbocycles. The van der Waals surface area contributed by atoms with Gasteiger partial charge in [0.05, 0.1) is 5.71 Å². The monoisotopic (exact) mass is 244 g/mol. The lowest BCUT2D eigenvalue weighted by Crippen LogP contribution is -2.15. The molecule has 0 saturated heterocycles. The van der Waals surface area contributed by atoms with E-state index < -0.39 is 5.97 Å². The zero-order valence-corrected chi connectivity index (χ0v) is 10.3. The Morgan fingerprint density at radius 2 is 2.11 bits per heavy atom. The molecular formula is C14H16N2O2. The van der Waals surface area contributed by atoms with Crippen LogP contribution in [0.2, 0.25) is 0 Å².